The molecule has 1 atom stereocenters. The van der Waals surface area contributed by atoms with E-state index in [-0.39, 0.29) is 12.4 Å². The largest absolute Gasteiger partial charge is 0.486 e. The second-order valence-corrected chi connectivity index (χ2v) is 5.65. The van der Waals surface area contributed by atoms with Crippen molar-refractivity contribution in [3.63, 3.8) is 0 Å². The number of hydrogen-bond acceptors (Lipinski definition) is 4. The van der Waals surface area contributed by atoms with E-state index in [1.54, 1.807) is 16.7 Å². The molecule has 0 amide bonds. The third-order valence-corrected chi connectivity index (χ3v) is 3.93. The molecule has 5 nitrogen and oxygen atoms in total. The maximum atomic E-state index is 12.4. The van der Waals surface area contributed by atoms with Crippen molar-refractivity contribution in [2.75, 3.05) is 6.61 Å². The van der Waals surface area contributed by atoms with Crippen molar-refractivity contribution >= 4 is 16.8 Å². The van der Waals surface area contributed by atoms with Crippen LogP contribution in [-0.2, 0) is 11.8 Å². The Hall–Kier alpha value is -3.13. The molecule has 120 valence electrons. The molecule has 3 rings (SSSR count). The molecule has 0 fully saturated rings. The Labute approximate surface area is 140 Å². The van der Waals surface area contributed by atoms with Crippen LogP contribution >= 0.6 is 0 Å². The summed E-state index contributed by atoms with van der Waals surface area (Å²) in [7, 11) is 1.81. The highest BCUT2D eigenvalue weighted by Gasteiger charge is 2.26. The number of aryl methyl sites for hydroxylation is 2. The molecule has 1 heterocycles. The van der Waals surface area contributed by atoms with E-state index in [2.05, 4.69) is 11.1 Å². The van der Waals surface area contributed by atoms with Crippen LogP contribution in [0.4, 0.5) is 0 Å². The highest BCUT2D eigenvalue weighted by atomic mass is 16.5. The Morgan fingerprint density at radius 1 is 1.25 bits per heavy atom. The first-order chi connectivity index (χ1) is 11.6. The number of carbonyl (C=O) groups excluding carboxylic acids is 1. The van der Waals surface area contributed by atoms with Gasteiger partial charge in [0.15, 0.2) is 11.7 Å². The average molecular weight is 319 g/mol. The number of imidazole rings is 1. The maximum absolute atomic E-state index is 12.4. The molecule has 0 aliphatic carbocycles. The summed E-state index contributed by atoms with van der Waals surface area (Å²) in [5.74, 6) is -0.212. The van der Waals surface area contributed by atoms with Crippen LogP contribution in [0.5, 0.6) is 5.75 Å². The number of fused-ring (bicyclic) bond motifs is 1. The number of ether oxygens (including phenoxy) is 1. The Kier molecular flexibility index (Phi) is 4.30. The predicted molar refractivity (Wildman–Crippen MR) is 90.7 cm³/mol. The van der Waals surface area contributed by atoms with Gasteiger partial charge in [-0.2, -0.15) is 5.26 Å². The molecule has 5 heteroatoms. The summed E-state index contributed by atoms with van der Waals surface area (Å²) in [6.45, 7) is 1.82. The van der Waals surface area contributed by atoms with Gasteiger partial charge in [0.1, 0.15) is 18.2 Å². The number of rotatable bonds is 5. The number of carbonyl (C=O) groups is 1. The van der Waals surface area contributed by atoms with Crippen LogP contribution in [0.15, 0.2) is 48.5 Å². The normalized spacial score (nSPS) is 11.9. The van der Waals surface area contributed by atoms with E-state index in [0.717, 1.165) is 16.6 Å². The smallest absolute Gasteiger partial charge is 0.194 e. The summed E-state index contributed by atoms with van der Waals surface area (Å²) in [4.78, 5) is 16.9. The first-order valence-electron chi connectivity index (χ1n) is 7.63. The van der Waals surface area contributed by atoms with Gasteiger partial charge in [-0.25, -0.2) is 4.98 Å². The molecule has 0 N–H and O–H groups in total. The second-order valence-electron chi connectivity index (χ2n) is 5.65. The number of nitrogens with zero attached hydrogens (tertiary/aromatic N) is 3. The SMILES string of the molecule is Cc1ccc(OCC(=O)[C@H](C#N)c2nc3ccccc3n2C)cc1. The molecule has 0 saturated heterocycles. The molecule has 0 saturated carbocycles. The molecule has 0 spiro atoms. The van der Waals surface area contributed by atoms with E-state index >= 15 is 0 Å². The lowest BCUT2D eigenvalue weighted by molar-refractivity contribution is -0.121. The summed E-state index contributed by atoms with van der Waals surface area (Å²) >= 11 is 0. The van der Waals surface area contributed by atoms with Crippen LogP contribution in [-0.4, -0.2) is 21.9 Å². The molecule has 0 unspecified atom stereocenters. The van der Waals surface area contributed by atoms with Gasteiger partial charge in [0.2, 0.25) is 0 Å². The van der Waals surface area contributed by atoms with Crippen molar-refractivity contribution in [2.45, 2.75) is 12.8 Å². The number of benzene rings is 2. The third kappa shape index (κ3) is 2.99. The molecular formula is C19H17N3O2. The summed E-state index contributed by atoms with van der Waals surface area (Å²) in [6, 6.07) is 17.0. The van der Waals surface area contributed by atoms with Crippen molar-refractivity contribution < 1.29 is 9.53 Å². The van der Waals surface area contributed by atoms with Gasteiger partial charge in [0.05, 0.1) is 17.1 Å². The number of aromatic nitrogens is 2. The highest BCUT2D eigenvalue weighted by molar-refractivity contribution is 5.90. The van der Waals surface area contributed by atoms with Crippen LogP contribution < -0.4 is 4.74 Å². The number of ketones is 1. The Balaban J connectivity index is 1.80. The van der Waals surface area contributed by atoms with Crippen molar-refractivity contribution in [1.82, 2.24) is 9.55 Å². The minimum Gasteiger partial charge on any atom is -0.486 e. The van der Waals surface area contributed by atoms with Gasteiger partial charge < -0.3 is 9.30 Å². The number of nitriles is 1. The number of Topliss-reactive ketones (excluding diaryl/α,β-unsaturated/α-hetero) is 1. The van der Waals surface area contributed by atoms with E-state index in [4.69, 9.17) is 4.74 Å². The fourth-order valence-corrected chi connectivity index (χ4v) is 2.57. The van der Waals surface area contributed by atoms with Gasteiger partial charge in [0.25, 0.3) is 0 Å². The zero-order valence-electron chi connectivity index (χ0n) is 13.6. The topological polar surface area (TPSA) is 67.9 Å². The standard InChI is InChI=1S/C19H17N3O2/c1-13-7-9-14(10-8-13)24-12-18(23)15(11-20)19-21-16-5-3-4-6-17(16)22(19)2/h3-10,15H,12H2,1-2H3/t15-/m0/s1. The monoisotopic (exact) mass is 319 g/mol. The van der Waals surface area contributed by atoms with E-state index in [9.17, 15) is 10.1 Å². The molecule has 3 aromatic rings. The summed E-state index contributed by atoms with van der Waals surface area (Å²) < 4.78 is 7.29. The van der Waals surface area contributed by atoms with Crippen molar-refractivity contribution in [3.05, 3.63) is 59.9 Å². The van der Waals surface area contributed by atoms with Crippen LogP contribution in [0.3, 0.4) is 0 Å². The molecule has 24 heavy (non-hydrogen) atoms. The van der Waals surface area contributed by atoms with Crippen LogP contribution in [0.2, 0.25) is 0 Å². The third-order valence-electron chi connectivity index (χ3n) is 3.93. The van der Waals surface area contributed by atoms with Gasteiger partial charge >= 0.3 is 0 Å². The molecule has 1 aromatic heterocycles. The minimum absolute atomic E-state index is 0.162. The first-order valence-corrected chi connectivity index (χ1v) is 7.63. The van der Waals surface area contributed by atoms with E-state index in [1.165, 1.54) is 0 Å². The van der Waals surface area contributed by atoms with Gasteiger partial charge in [-0.3, -0.25) is 4.79 Å². The average Bonchev–Trinajstić information content (AvgIpc) is 2.92. The lowest BCUT2D eigenvalue weighted by atomic mass is 10.1. The van der Waals surface area contributed by atoms with E-state index < -0.39 is 5.92 Å². The molecular weight excluding hydrogens is 302 g/mol. The van der Waals surface area contributed by atoms with Gasteiger partial charge in [0, 0.05) is 7.05 Å². The zero-order valence-corrected chi connectivity index (χ0v) is 13.6. The zero-order chi connectivity index (χ0) is 17.1. The minimum atomic E-state index is -0.951. The molecule has 0 aliphatic heterocycles. The Morgan fingerprint density at radius 2 is 1.96 bits per heavy atom. The molecule has 0 aliphatic rings. The first kappa shape index (κ1) is 15.8. The van der Waals surface area contributed by atoms with Crippen LogP contribution in [0, 0.1) is 18.3 Å². The fraction of sp³-hybridized carbons (Fsp3) is 0.211. The second kappa shape index (κ2) is 6.55. The summed E-state index contributed by atoms with van der Waals surface area (Å²) in [6.07, 6.45) is 0. The summed E-state index contributed by atoms with van der Waals surface area (Å²) in [5, 5.41) is 9.45. The van der Waals surface area contributed by atoms with E-state index in [1.807, 2.05) is 50.4 Å². The molecule has 2 aromatic carbocycles. The van der Waals surface area contributed by atoms with Crippen molar-refractivity contribution in [1.29, 1.82) is 5.26 Å². The van der Waals surface area contributed by atoms with Crippen molar-refractivity contribution in [2.24, 2.45) is 7.05 Å². The van der Waals surface area contributed by atoms with Gasteiger partial charge in [-0.05, 0) is 31.2 Å². The van der Waals surface area contributed by atoms with Crippen molar-refractivity contribution in [3.8, 4) is 11.8 Å². The van der Waals surface area contributed by atoms with E-state index in [0.29, 0.717) is 11.6 Å². The van der Waals surface area contributed by atoms with Gasteiger partial charge in [-0.1, -0.05) is 29.8 Å². The predicted octanol–water partition coefficient (Wildman–Crippen LogP) is 3.14. The maximum Gasteiger partial charge on any atom is 0.194 e. The quantitative estimate of drug-likeness (QED) is 0.724. The Morgan fingerprint density at radius 3 is 2.62 bits per heavy atom. The lowest BCUT2D eigenvalue weighted by Crippen LogP contribution is -2.21. The van der Waals surface area contributed by atoms with Crippen LogP contribution in [0.25, 0.3) is 11.0 Å². The highest BCUT2D eigenvalue weighted by Crippen LogP contribution is 2.22. The van der Waals surface area contributed by atoms with Gasteiger partial charge in [-0.15, -0.1) is 0 Å². The van der Waals surface area contributed by atoms with Crippen LogP contribution in [0.1, 0.15) is 17.3 Å². The number of para-hydroxylation sites is 2. The Bertz CT molecular complexity index is 920. The number of hydrogen-bond donors (Lipinski definition) is 0. The fourth-order valence-electron chi connectivity index (χ4n) is 2.57. The lowest BCUT2D eigenvalue weighted by Gasteiger charge is -2.10. The molecule has 0 bridgehead atoms. The summed E-state index contributed by atoms with van der Waals surface area (Å²) in [5.41, 5.74) is 2.77. The molecule has 0 radical (unpaired) electrons.